The fraction of sp³-hybridized carbons (Fsp3) is 0.238. The summed E-state index contributed by atoms with van der Waals surface area (Å²) in [7, 11) is 0. The van der Waals surface area contributed by atoms with Gasteiger partial charge >= 0.3 is 0 Å². The van der Waals surface area contributed by atoms with Crippen molar-refractivity contribution in [2.24, 2.45) is 0 Å². The monoisotopic (exact) mass is 366 g/mol. The maximum atomic E-state index is 13.0. The van der Waals surface area contributed by atoms with Crippen molar-refractivity contribution in [1.82, 2.24) is 10.1 Å². The lowest BCUT2D eigenvalue weighted by Gasteiger charge is -2.16. The van der Waals surface area contributed by atoms with Gasteiger partial charge in [0.1, 0.15) is 5.56 Å². The third-order valence-corrected chi connectivity index (χ3v) is 5.18. The van der Waals surface area contributed by atoms with E-state index >= 15 is 0 Å². The average Bonchev–Trinajstić information content (AvgIpc) is 3.32. The zero-order valence-corrected chi connectivity index (χ0v) is 15.2. The standard InChI is InChI=1S/C21H19ClN2O2/c1-14-2-4-16(5-3-14)20-19(12-23-26-20)21(25)24-11-10-17(13-24)15-6-8-18(22)9-7-15/h2-9,12,17H,10-11,13H2,1H3. The molecule has 132 valence electrons. The first-order valence-electron chi connectivity index (χ1n) is 8.68. The van der Waals surface area contributed by atoms with E-state index in [1.807, 2.05) is 60.4 Å². The number of rotatable bonds is 3. The van der Waals surface area contributed by atoms with E-state index in [1.165, 1.54) is 11.8 Å². The number of aryl methyl sites for hydroxylation is 1. The van der Waals surface area contributed by atoms with Crippen LogP contribution in [-0.2, 0) is 0 Å². The summed E-state index contributed by atoms with van der Waals surface area (Å²) in [5.41, 5.74) is 3.76. The highest BCUT2D eigenvalue weighted by Crippen LogP contribution is 2.31. The van der Waals surface area contributed by atoms with Gasteiger partial charge in [-0.1, -0.05) is 58.7 Å². The van der Waals surface area contributed by atoms with Crippen LogP contribution in [0, 0.1) is 6.92 Å². The van der Waals surface area contributed by atoms with Crippen LogP contribution < -0.4 is 0 Å². The SMILES string of the molecule is Cc1ccc(-c2oncc2C(=O)N2CCC(c3ccc(Cl)cc3)C2)cc1. The molecular formula is C21H19ClN2O2. The number of hydrogen-bond donors (Lipinski definition) is 0. The van der Waals surface area contributed by atoms with E-state index in [9.17, 15) is 4.79 Å². The molecule has 5 heteroatoms. The highest BCUT2D eigenvalue weighted by Gasteiger charge is 2.30. The second kappa shape index (κ2) is 6.96. The van der Waals surface area contributed by atoms with Crippen LogP contribution in [0.4, 0.5) is 0 Å². The van der Waals surface area contributed by atoms with Gasteiger partial charge in [0.05, 0.1) is 6.20 Å². The van der Waals surface area contributed by atoms with Crippen molar-refractivity contribution >= 4 is 17.5 Å². The van der Waals surface area contributed by atoms with E-state index in [0.717, 1.165) is 29.1 Å². The number of hydrogen-bond acceptors (Lipinski definition) is 3. The lowest BCUT2D eigenvalue weighted by molar-refractivity contribution is 0.0791. The molecule has 1 saturated heterocycles. The van der Waals surface area contributed by atoms with Gasteiger partial charge in [0, 0.05) is 29.6 Å². The first-order chi connectivity index (χ1) is 12.6. The van der Waals surface area contributed by atoms with E-state index in [0.29, 0.717) is 23.8 Å². The molecule has 2 aromatic carbocycles. The van der Waals surface area contributed by atoms with Crippen LogP contribution in [-0.4, -0.2) is 29.1 Å². The number of carbonyl (C=O) groups excluding carboxylic acids is 1. The Morgan fingerprint density at radius 3 is 2.62 bits per heavy atom. The smallest absolute Gasteiger partial charge is 0.259 e. The molecule has 4 nitrogen and oxygen atoms in total. The highest BCUT2D eigenvalue weighted by atomic mass is 35.5. The van der Waals surface area contributed by atoms with Gasteiger partial charge in [0.2, 0.25) is 0 Å². The van der Waals surface area contributed by atoms with Crippen molar-refractivity contribution in [2.45, 2.75) is 19.3 Å². The number of aromatic nitrogens is 1. The molecule has 1 aliphatic rings. The van der Waals surface area contributed by atoms with Crippen molar-refractivity contribution in [2.75, 3.05) is 13.1 Å². The summed E-state index contributed by atoms with van der Waals surface area (Å²) in [5, 5.41) is 4.59. The molecule has 0 aliphatic carbocycles. The molecule has 0 radical (unpaired) electrons. The zero-order chi connectivity index (χ0) is 18.1. The van der Waals surface area contributed by atoms with E-state index in [4.69, 9.17) is 16.1 Å². The van der Waals surface area contributed by atoms with Crippen molar-refractivity contribution in [3.63, 3.8) is 0 Å². The summed E-state index contributed by atoms with van der Waals surface area (Å²) in [6.07, 6.45) is 2.46. The molecule has 2 heterocycles. The van der Waals surface area contributed by atoms with Crippen LogP contribution in [0.15, 0.2) is 59.3 Å². The molecule has 4 rings (SSSR count). The molecule has 1 unspecified atom stereocenters. The van der Waals surface area contributed by atoms with Crippen LogP contribution in [0.2, 0.25) is 5.02 Å². The van der Waals surface area contributed by atoms with Gasteiger partial charge in [-0.2, -0.15) is 0 Å². The minimum absolute atomic E-state index is 0.0294. The second-order valence-electron chi connectivity index (χ2n) is 6.72. The highest BCUT2D eigenvalue weighted by molar-refractivity contribution is 6.30. The second-order valence-corrected chi connectivity index (χ2v) is 7.16. The van der Waals surface area contributed by atoms with Gasteiger partial charge in [-0.05, 0) is 31.0 Å². The van der Waals surface area contributed by atoms with Crippen molar-refractivity contribution in [1.29, 1.82) is 0 Å². The van der Waals surface area contributed by atoms with E-state index in [2.05, 4.69) is 5.16 Å². The molecular weight excluding hydrogens is 348 g/mol. The predicted molar refractivity (Wildman–Crippen MR) is 101 cm³/mol. The lowest BCUT2D eigenvalue weighted by Crippen LogP contribution is -2.28. The van der Waals surface area contributed by atoms with Crippen LogP contribution in [0.25, 0.3) is 11.3 Å². The summed E-state index contributed by atoms with van der Waals surface area (Å²) < 4.78 is 5.38. The number of carbonyl (C=O) groups is 1. The topological polar surface area (TPSA) is 46.3 Å². The number of benzene rings is 2. The van der Waals surface area contributed by atoms with Crippen LogP contribution in [0.5, 0.6) is 0 Å². The Hall–Kier alpha value is -2.59. The van der Waals surface area contributed by atoms with Gasteiger partial charge in [0.15, 0.2) is 5.76 Å². The van der Waals surface area contributed by atoms with Gasteiger partial charge in [-0.25, -0.2) is 0 Å². The van der Waals surface area contributed by atoms with Crippen molar-refractivity contribution in [3.05, 3.63) is 76.4 Å². The Bertz CT molecular complexity index is 916. The Morgan fingerprint density at radius 1 is 1.15 bits per heavy atom. The Kier molecular flexibility index (Phi) is 4.51. The molecule has 1 atom stereocenters. The van der Waals surface area contributed by atoms with E-state index in [-0.39, 0.29) is 5.91 Å². The maximum Gasteiger partial charge on any atom is 0.259 e. The molecule has 0 saturated carbocycles. The maximum absolute atomic E-state index is 13.0. The fourth-order valence-corrected chi connectivity index (χ4v) is 3.55. The van der Waals surface area contributed by atoms with Crippen molar-refractivity contribution < 1.29 is 9.32 Å². The third-order valence-electron chi connectivity index (χ3n) is 4.93. The molecule has 1 amide bonds. The van der Waals surface area contributed by atoms with Crippen LogP contribution >= 0.6 is 11.6 Å². The normalized spacial score (nSPS) is 16.8. The van der Waals surface area contributed by atoms with Gasteiger partial charge in [0.25, 0.3) is 5.91 Å². The first kappa shape index (κ1) is 16.9. The van der Waals surface area contributed by atoms with Crippen molar-refractivity contribution in [3.8, 4) is 11.3 Å². The zero-order valence-electron chi connectivity index (χ0n) is 14.5. The minimum Gasteiger partial charge on any atom is -0.355 e. The quantitative estimate of drug-likeness (QED) is 0.660. The van der Waals surface area contributed by atoms with Crippen LogP contribution in [0.1, 0.15) is 33.8 Å². The molecule has 1 aromatic heterocycles. The summed E-state index contributed by atoms with van der Waals surface area (Å²) >= 11 is 5.97. The fourth-order valence-electron chi connectivity index (χ4n) is 3.43. The number of nitrogens with zero attached hydrogens (tertiary/aromatic N) is 2. The predicted octanol–water partition coefficient (Wildman–Crippen LogP) is 4.93. The van der Waals surface area contributed by atoms with E-state index in [1.54, 1.807) is 0 Å². The molecule has 0 spiro atoms. The first-order valence-corrected chi connectivity index (χ1v) is 9.06. The van der Waals surface area contributed by atoms with Gasteiger partial charge in [-0.15, -0.1) is 0 Å². The van der Waals surface area contributed by atoms with Gasteiger partial charge < -0.3 is 9.42 Å². The number of halogens is 1. The minimum atomic E-state index is -0.0294. The molecule has 0 N–H and O–H groups in total. The Balaban J connectivity index is 1.53. The lowest BCUT2D eigenvalue weighted by atomic mass is 9.99. The third kappa shape index (κ3) is 3.25. The molecule has 3 aromatic rings. The molecule has 1 aliphatic heterocycles. The Morgan fingerprint density at radius 2 is 1.88 bits per heavy atom. The summed E-state index contributed by atoms with van der Waals surface area (Å²) in [6, 6.07) is 15.8. The Labute approximate surface area is 157 Å². The van der Waals surface area contributed by atoms with Gasteiger partial charge in [-0.3, -0.25) is 4.79 Å². The summed E-state index contributed by atoms with van der Waals surface area (Å²) in [4.78, 5) is 14.9. The summed E-state index contributed by atoms with van der Waals surface area (Å²) in [6.45, 7) is 3.45. The van der Waals surface area contributed by atoms with E-state index < -0.39 is 0 Å². The number of likely N-dealkylation sites (tertiary alicyclic amines) is 1. The number of amides is 1. The largest absolute Gasteiger partial charge is 0.355 e. The molecule has 26 heavy (non-hydrogen) atoms. The average molecular weight is 367 g/mol. The molecule has 0 bridgehead atoms. The van der Waals surface area contributed by atoms with Crippen LogP contribution in [0.3, 0.4) is 0 Å². The summed E-state index contributed by atoms with van der Waals surface area (Å²) in [5.74, 6) is 0.835. The molecule has 1 fully saturated rings.